The number of hydrogen-bond acceptors (Lipinski definition) is 3. The van der Waals surface area contributed by atoms with Gasteiger partial charge in [-0.25, -0.2) is 9.67 Å². The molecule has 0 spiro atoms. The predicted molar refractivity (Wildman–Crippen MR) is 81.2 cm³/mol. The topological polar surface area (TPSA) is 55.7 Å². The lowest BCUT2D eigenvalue weighted by Gasteiger charge is -2.13. The number of H-pyrrole nitrogens is 1. The van der Waals surface area contributed by atoms with Crippen LogP contribution in [0.2, 0.25) is 0 Å². The zero-order valence-corrected chi connectivity index (χ0v) is 12.0. The molecule has 1 saturated carbocycles. The summed E-state index contributed by atoms with van der Waals surface area (Å²) in [5.41, 5.74) is 2.86. The van der Waals surface area contributed by atoms with Crippen LogP contribution in [-0.4, -0.2) is 25.9 Å². The Morgan fingerprint density at radius 1 is 1.29 bits per heavy atom. The summed E-state index contributed by atoms with van der Waals surface area (Å²) in [6.07, 6.45) is 7.06. The number of imidazole rings is 1. The molecule has 2 aromatic heterocycles. The molecular formula is C16H18N4O. The summed E-state index contributed by atoms with van der Waals surface area (Å²) >= 11 is 0. The molecule has 5 heteroatoms. The van der Waals surface area contributed by atoms with Gasteiger partial charge in [0.05, 0.1) is 12.3 Å². The molecule has 0 saturated heterocycles. The summed E-state index contributed by atoms with van der Waals surface area (Å²) < 4.78 is 7.83. The van der Waals surface area contributed by atoms with Crippen LogP contribution in [0.3, 0.4) is 0 Å². The third kappa shape index (κ3) is 2.28. The summed E-state index contributed by atoms with van der Waals surface area (Å²) in [4.78, 5) is 7.91. The van der Waals surface area contributed by atoms with E-state index in [0.29, 0.717) is 6.10 Å². The minimum Gasteiger partial charge on any atom is -0.490 e. The highest BCUT2D eigenvalue weighted by Crippen LogP contribution is 2.27. The minimum atomic E-state index is 0.375. The van der Waals surface area contributed by atoms with E-state index in [1.54, 1.807) is 10.9 Å². The Balaban J connectivity index is 1.64. The maximum absolute atomic E-state index is 6.06. The van der Waals surface area contributed by atoms with Gasteiger partial charge in [-0.3, -0.25) is 0 Å². The second-order valence-electron chi connectivity index (χ2n) is 5.64. The number of benzene rings is 1. The van der Waals surface area contributed by atoms with Crippen molar-refractivity contribution in [3.63, 3.8) is 0 Å². The average Bonchev–Trinajstić information content (AvgIpc) is 3.19. The molecule has 1 fully saturated rings. The van der Waals surface area contributed by atoms with E-state index >= 15 is 0 Å². The van der Waals surface area contributed by atoms with Crippen LogP contribution in [0, 0.1) is 0 Å². The molecule has 3 aromatic rings. The van der Waals surface area contributed by atoms with Crippen LogP contribution in [0.4, 0.5) is 0 Å². The summed E-state index contributed by atoms with van der Waals surface area (Å²) in [6, 6.07) is 8.15. The molecule has 1 aliphatic carbocycles. The van der Waals surface area contributed by atoms with Gasteiger partial charge in [0.15, 0.2) is 5.65 Å². The van der Waals surface area contributed by atoms with E-state index in [1.165, 1.54) is 25.7 Å². The predicted octanol–water partition coefficient (Wildman–Crippen LogP) is 3.28. The maximum Gasteiger partial charge on any atom is 0.176 e. The first-order valence-electron chi connectivity index (χ1n) is 7.44. The molecule has 1 aromatic carbocycles. The van der Waals surface area contributed by atoms with Crippen LogP contribution < -0.4 is 4.74 Å². The molecule has 4 rings (SSSR count). The highest BCUT2D eigenvalue weighted by Gasteiger charge is 2.17. The van der Waals surface area contributed by atoms with Crippen molar-refractivity contribution in [2.75, 3.05) is 0 Å². The van der Waals surface area contributed by atoms with E-state index in [-0.39, 0.29) is 0 Å². The lowest BCUT2D eigenvalue weighted by atomic mass is 10.2. The van der Waals surface area contributed by atoms with Crippen molar-refractivity contribution in [2.45, 2.75) is 31.8 Å². The van der Waals surface area contributed by atoms with E-state index in [2.05, 4.69) is 21.1 Å². The van der Waals surface area contributed by atoms with Gasteiger partial charge in [-0.1, -0.05) is 12.1 Å². The zero-order valence-electron chi connectivity index (χ0n) is 12.0. The Bertz CT molecular complexity index is 768. The molecule has 0 atom stereocenters. The van der Waals surface area contributed by atoms with Crippen molar-refractivity contribution in [1.82, 2.24) is 19.7 Å². The molecule has 108 valence electrons. The lowest BCUT2D eigenvalue weighted by Crippen LogP contribution is -2.10. The van der Waals surface area contributed by atoms with Gasteiger partial charge in [-0.2, -0.15) is 5.10 Å². The van der Waals surface area contributed by atoms with Gasteiger partial charge in [-0.15, -0.1) is 0 Å². The van der Waals surface area contributed by atoms with Gasteiger partial charge in [-0.05, 0) is 37.8 Å². The molecule has 1 N–H and O–H groups in total. The number of fused-ring (bicyclic) bond motifs is 1. The number of rotatable bonds is 3. The third-order valence-electron chi connectivity index (χ3n) is 4.09. The van der Waals surface area contributed by atoms with Crippen molar-refractivity contribution in [1.29, 1.82) is 0 Å². The Kier molecular flexibility index (Phi) is 2.91. The Hall–Kier alpha value is -2.30. The second-order valence-corrected chi connectivity index (χ2v) is 5.64. The molecule has 0 amide bonds. The van der Waals surface area contributed by atoms with Crippen molar-refractivity contribution in [3.05, 3.63) is 30.5 Å². The fraction of sp³-hybridized carbons (Fsp3) is 0.375. The summed E-state index contributed by atoms with van der Waals surface area (Å²) in [6.45, 7) is 0. The van der Waals surface area contributed by atoms with Gasteiger partial charge >= 0.3 is 0 Å². The van der Waals surface area contributed by atoms with Gasteiger partial charge in [0.1, 0.15) is 17.1 Å². The first kappa shape index (κ1) is 12.4. The number of ether oxygens (including phenoxy) is 1. The molecule has 0 aliphatic heterocycles. The van der Waals surface area contributed by atoms with Gasteiger partial charge < -0.3 is 9.72 Å². The molecule has 21 heavy (non-hydrogen) atoms. The largest absolute Gasteiger partial charge is 0.490 e. The first-order valence-corrected chi connectivity index (χ1v) is 7.44. The monoisotopic (exact) mass is 282 g/mol. The summed E-state index contributed by atoms with van der Waals surface area (Å²) in [7, 11) is 1.90. The van der Waals surface area contributed by atoms with Gasteiger partial charge in [0.25, 0.3) is 0 Å². The van der Waals surface area contributed by atoms with Crippen molar-refractivity contribution >= 4 is 11.2 Å². The molecule has 0 bridgehead atoms. The fourth-order valence-corrected chi connectivity index (χ4v) is 2.97. The molecule has 2 heterocycles. The van der Waals surface area contributed by atoms with Gasteiger partial charge in [0, 0.05) is 12.6 Å². The van der Waals surface area contributed by atoms with Crippen LogP contribution in [0.15, 0.2) is 30.5 Å². The Morgan fingerprint density at radius 3 is 2.95 bits per heavy atom. The van der Waals surface area contributed by atoms with E-state index in [9.17, 15) is 0 Å². The van der Waals surface area contributed by atoms with E-state index in [4.69, 9.17) is 4.74 Å². The fourth-order valence-electron chi connectivity index (χ4n) is 2.97. The molecular weight excluding hydrogens is 264 g/mol. The quantitative estimate of drug-likeness (QED) is 0.802. The Labute approximate surface area is 123 Å². The molecule has 5 nitrogen and oxygen atoms in total. The standard InChI is InChI=1S/C16H18N4O/c1-20-16-14(10-17-20)18-15(19-16)11-5-4-8-13(9-11)21-12-6-2-3-7-12/h4-5,8-10,12H,2-3,6-7H2,1H3,(H,18,19). The van der Waals surface area contributed by atoms with Crippen LogP contribution in [0.25, 0.3) is 22.6 Å². The van der Waals surface area contributed by atoms with Gasteiger partial charge in [0.2, 0.25) is 0 Å². The Morgan fingerprint density at radius 2 is 2.14 bits per heavy atom. The average molecular weight is 282 g/mol. The number of aromatic nitrogens is 4. The molecule has 0 unspecified atom stereocenters. The van der Waals surface area contributed by atoms with E-state index in [0.717, 1.165) is 28.3 Å². The lowest BCUT2D eigenvalue weighted by molar-refractivity contribution is 0.210. The highest BCUT2D eigenvalue weighted by molar-refractivity contribution is 5.76. The van der Waals surface area contributed by atoms with Crippen LogP contribution >= 0.6 is 0 Å². The molecule has 0 radical (unpaired) electrons. The van der Waals surface area contributed by atoms with Crippen LogP contribution in [0.5, 0.6) is 5.75 Å². The van der Waals surface area contributed by atoms with Crippen molar-refractivity contribution in [2.24, 2.45) is 7.05 Å². The maximum atomic E-state index is 6.06. The normalized spacial score (nSPS) is 15.9. The highest BCUT2D eigenvalue weighted by atomic mass is 16.5. The number of hydrogen-bond donors (Lipinski definition) is 1. The van der Waals surface area contributed by atoms with Crippen LogP contribution in [0.1, 0.15) is 25.7 Å². The zero-order chi connectivity index (χ0) is 14.2. The SMILES string of the molecule is Cn1ncc2[nH]c(-c3cccc(OC4CCCC4)c3)nc21. The number of aromatic amines is 1. The third-order valence-corrected chi connectivity index (χ3v) is 4.09. The number of nitrogens with one attached hydrogen (secondary N) is 1. The smallest absolute Gasteiger partial charge is 0.176 e. The second kappa shape index (κ2) is 4.91. The van der Waals surface area contributed by atoms with Crippen molar-refractivity contribution < 1.29 is 4.74 Å². The first-order chi connectivity index (χ1) is 10.3. The number of nitrogens with zero attached hydrogens (tertiary/aromatic N) is 3. The van der Waals surface area contributed by atoms with Crippen LogP contribution in [-0.2, 0) is 7.05 Å². The summed E-state index contributed by atoms with van der Waals surface area (Å²) in [5.74, 6) is 1.79. The van der Waals surface area contributed by atoms with Crippen molar-refractivity contribution in [3.8, 4) is 17.1 Å². The van der Waals surface area contributed by atoms with E-state index in [1.807, 2.05) is 25.2 Å². The van der Waals surface area contributed by atoms with E-state index < -0.39 is 0 Å². The summed E-state index contributed by atoms with van der Waals surface area (Å²) in [5, 5.41) is 4.17. The number of aryl methyl sites for hydroxylation is 1. The minimum absolute atomic E-state index is 0.375. The molecule has 1 aliphatic rings.